The van der Waals surface area contributed by atoms with Crippen molar-refractivity contribution in [3.8, 4) is 0 Å². The Kier molecular flexibility index (Phi) is 6.00. The van der Waals surface area contributed by atoms with Gasteiger partial charge in [-0.15, -0.1) is 0 Å². The van der Waals surface area contributed by atoms with E-state index in [0.29, 0.717) is 6.42 Å². The van der Waals surface area contributed by atoms with Crippen molar-refractivity contribution < 1.29 is 4.79 Å². The molecule has 0 aliphatic rings. The number of ketones is 1. The van der Waals surface area contributed by atoms with Crippen LogP contribution in [0.3, 0.4) is 0 Å². The SMILES string of the molecule is CN(C)/N=C/CCCCC(=O)c1ccccc1. The third-order valence-electron chi connectivity index (χ3n) is 2.40. The summed E-state index contributed by atoms with van der Waals surface area (Å²) in [5.74, 6) is 0.232. The van der Waals surface area contributed by atoms with Gasteiger partial charge in [-0.2, -0.15) is 5.10 Å². The molecule has 0 aliphatic heterocycles. The zero-order valence-electron chi connectivity index (χ0n) is 10.6. The zero-order chi connectivity index (χ0) is 12.5. The second-order valence-corrected chi connectivity index (χ2v) is 4.18. The molecule has 0 fully saturated rings. The molecule has 0 saturated carbocycles. The first-order chi connectivity index (χ1) is 8.20. The van der Waals surface area contributed by atoms with E-state index < -0.39 is 0 Å². The molecule has 92 valence electrons. The predicted octanol–water partition coefficient (Wildman–Crippen LogP) is 2.98. The first-order valence-corrected chi connectivity index (χ1v) is 5.98. The number of hydrazone groups is 1. The van der Waals surface area contributed by atoms with Crippen LogP contribution in [0.4, 0.5) is 0 Å². The lowest BCUT2D eigenvalue weighted by molar-refractivity contribution is 0.0979. The minimum absolute atomic E-state index is 0.232. The average molecular weight is 232 g/mol. The molecule has 0 saturated heterocycles. The van der Waals surface area contributed by atoms with Crippen molar-refractivity contribution in [3.63, 3.8) is 0 Å². The van der Waals surface area contributed by atoms with Crippen LogP contribution in [0, 0.1) is 0 Å². The summed E-state index contributed by atoms with van der Waals surface area (Å²) in [6.07, 6.45) is 5.39. The van der Waals surface area contributed by atoms with E-state index in [1.54, 1.807) is 5.01 Å². The van der Waals surface area contributed by atoms with Crippen LogP contribution in [0.1, 0.15) is 36.0 Å². The van der Waals surface area contributed by atoms with E-state index in [1.165, 1.54) is 0 Å². The first-order valence-electron chi connectivity index (χ1n) is 5.98. The Morgan fingerprint density at radius 3 is 2.59 bits per heavy atom. The standard InChI is InChI=1S/C14H20N2O/c1-16(2)15-12-8-4-7-11-14(17)13-9-5-3-6-10-13/h3,5-6,9-10,12H,4,7-8,11H2,1-2H3/b15-12+. The van der Waals surface area contributed by atoms with Crippen LogP contribution in [0.25, 0.3) is 0 Å². The molecule has 0 spiro atoms. The quantitative estimate of drug-likeness (QED) is 0.313. The van der Waals surface area contributed by atoms with Gasteiger partial charge in [0, 0.05) is 32.3 Å². The van der Waals surface area contributed by atoms with Crippen LogP contribution < -0.4 is 0 Å². The first kappa shape index (κ1) is 13.4. The largest absolute Gasteiger partial charge is 0.303 e. The predicted molar refractivity (Wildman–Crippen MR) is 71.4 cm³/mol. The third kappa shape index (κ3) is 5.85. The topological polar surface area (TPSA) is 32.7 Å². The molecule has 0 unspecified atom stereocenters. The van der Waals surface area contributed by atoms with Crippen LogP contribution in [-0.2, 0) is 0 Å². The van der Waals surface area contributed by atoms with E-state index in [4.69, 9.17) is 0 Å². The van der Waals surface area contributed by atoms with E-state index in [9.17, 15) is 4.79 Å². The lowest BCUT2D eigenvalue weighted by Gasteiger charge is -2.02. The number of benzene rings is 1. The highest BCUT2D eigenvalue weighted by molar-refractivity contribution is 5.95. The molecule has 0 aliphatic carbocycles. The minimum Gasteiger partial charge on any atom is -0.303 e. The molecule has 1 rings (SSSR count). The van der Waals surface area contributed by atoms with Crippen molar-refractivity contribution in [2.75, 3.05) is 14.1 Å². The van der Waals surface area contributed by atoms with Gasteiger partial charge >= 0.3 is 0 Å². The van der Waals surface area contributed by atoms with E-state index >= 15 is 0 Å². The molecule has 3 nitrogen and oxygen atoms in total. The van der Waals surface area contributed by atoms with Crippen LogP contribution in [-0.4, -0.2) is 31.1 Å². The zero-order valence-corrected chi connectivity index (χ0v) is 10.6. The maximum absolute atomic E-state index is 11.7. The Bertz CT molecular complexity index is 358. The van der Waals surface area contributed by atoms with E-state index in [2.05, 4.69) is 5.10 Å². The van der Waals surface area contributed by atoms with Gasteiger partial charge in [0.1, 0.15) is 0 Å². The highest BCUT2D eigenvalue weighted by Gasteiger charge is 2.03. The van der Waals surface area contributed by atoms with Crippen molar-refractivity contribution in [2.45, 2.75) is 25.7 Å². The summed E-state index contributed by atoms with van der Waals surface area (Å²) in [6, 6.07) is 9.47. The Hall–Kier alpha value is -1.64. The minimum atomic E-state index is 0.232. The molecular formula is C14H20N2O. The van der Waals surface area contributed by atoms with Crippen molar-refractivity contribution in [2.24, 2.45) is 5.10 Å². The lowest BCUT2D eigenvalue weighted by atomic mass is 10.1. The number of carbonyl (C=O) groups excluding carboxylic acids is 1. The smallest absolute Gasteiger partial charge is 0.162 e. The second-order valence-electron chi connectivity index (χ2n) is 4.18. The Balaban J connectivity index is 2.17. The molecule has 0 aromatic heterocycles. The molecule has 1 aromatic carbocycles. The Morgan fingerprint density at radius 1 is 1.24 bits per heavy atom. The number of hydrogen-bond donors (Lipinski definition) is 0. The fraction of sp³-hybridized carbons (Fsp3) is 0.429. The van der Waals surface area contributed by atoms with Crippen molar-refractivity contribution >= 4 is 12.0 Å². The molecule has 1 aromatic rings. The van der Waals surface area contributed by atoms with Gasteiger partial charge in [-0.3, -0.25) is 4.79 Å². The molecule has 0 N–H and O–H groups in total. The maximum Gasteiger partial charge on any atom is 0.162 e. The Morgan fingerprint density at radius 2 is 1.94 bits per heavy atom. The summed E-state index contributed by atoms with van der Waals surface area (Å²) in [7, 11) is 3.80. The van der Waals surface area contributed by atoms with Gasteiger partial charge in [-0.25, -0.2) is 0 Å². The molecule has 17 heavy (non-hydrogen) atoms. The van der Waals surface area contributed by atoms with Crippen LogP contribution in [0.15, 0.2) is 35.4 Å². The van der Waals surface area contributed by atoms with Crippen molar-refractivity contribution in [1.29, 1.82) is 0 Å². The van der Waals surface area contributed by atoms with Gasteiger partial charge in [-0.1, -0.05) is 30.3 Å². The summed E-state index contributed by atoms with van der Waals surface area (Å²) >= 11 is 0. The van der Waals surface area contributed by atoms with Gasteiger partial charge in [0.2, 0.25) is 0 Å². The van der Waals surface area contributed by atoms with E-state index in [1.807, 2.05) is 50.6 Å². The highest BCUT2D eigenvalue weighted by atomic mass is 16.1. The van der Waals surface area contributed by atoms with Gasteiger partial charge in [0.05, 0.1) is 0 Å². The molecule has 0 radical (unpaired) electrons. The van der Waals surface area contributed by atoms with Crippen LogP contribution >= 0.6 is 0 Å². The van der Waals surface area contributed by atoms with E-state index in [0.717, 1.165) is 24.8 Å². The molecule has 0 amide bonds. The van der Waals surface area contributed by atoms with Gasteiger partial charge in [0.15, 0.2) is 5.78 Å². The molecule has 0 bridgehead atoms. The van der Waals surface area contributed by atoms with Crippen LogP contribution in [0.5, 0.6) is 0 Å². The van der Waals surface area contributed by atoms with E-state index in [-0.39, 0.29) is 5.78 Å². The highest BCUT2D eigenvalue weighted by Crippen LogP contribution is 2.07. The second kappa shape index (κ2) is 7.60. The summed E-state index contributed by atoms with van der Waals surface area (Å²) in [4.78, 5) is 11.7. The fourth-order valence-electron chi connectivity index (χ4n) is 1.51. The molecule has 0 heterocycles. The average Bonchev–Trinajstić information content (AvgIpc) is 2.34. The van der Waals surface area contributed by atoms with Gasteiger partial charge in [-0.05, 0) is 19.3 Å². The van der Waals surface area contributed by atoms with Crippen LogP contribution in [0.2, 0.25) is 0 Å². The summed E-state index contributed by atoms with van der Waals surface area (Å²) in [6.45, 7) is 0. The number of rotatable bonds is 7. The molecular weight excluding hydrogens is 212 g/mol. The maximum atomic E-state index is 11.7. The number of unbranched alkanes of at least 4 members (excludes halogenated alkanes) is 2. The monoisotopic (exact) mass is 232 g/mol. The van der Waals surface area contributed by atoms with Crippen molar-refractivity contribution in [3.05, 3.63) is 35.9 Å². The molecule has 0 atom stereocenters. The molecule has 3 heteroatoms. The summed E-state index contributed by atoms with van der Waals surface area (Å²) in [5.41, 5.74) is 0.814. The number of nitrogens with zero attached hydrogens (tertiary/aromatic N) is 2. The summed E-state index contributed by atoms with van der Waals surface area (Å²) in [5, 5.41) is 5.90. The van der Waals surface area contributed by atoms with Gasteiger partial charge < -0.3 is 5.01 Å². The number of carbonyl (C=O) groups is 1. The van der Waals surface area contributed by atoms with Crippen molar-refractivity contribution in [1.82, 2.24) is 5.01 Å². The lowest BCUT2D eigenvalue weighted by Crippen LogP contribution is -2.01. The number of hydrogen-bond acceptors (Lipinski definition) is 3. The normalized spacial score (nSPS) is 10.7. The fourth-order valence-corrected chi connectivity index (χ4v) is 1.51. The summed E-state index contributed by atoms with van der Waals surface area (Å²) < 4.78 is 0. The number of Topliss-reactive ketones (excluding diaryl/α,β-unsaturated/α-hetero) is 1. The van der Waals surface area contributed by atoms with Gasteiger partial charge in [0.25, 0.3) is 0 Å². The third-order valence-corrected chi connectivity index (χ3v) is 2.40. The Labute approximate surface area is 103 Å².